The third-order valence-corrected chi connectivity index (χ3v) is 7.00. The van der Waals surface area contributed by atoms with Crippen LogP contribution in [0.3, 0.4) is 0 Å². The fourth-order valence-electron chi connectivity index (χ4n) is 1.05. The fourth-order valence-corrected chi connectivity index (χ4v) is 4.28. The van der Waals surface area contributed by atoms with Gasteiger partial charge in [0.15, 0.2) is 23.5 Å². The summed E-state index contributed by atoms with van der Waals surface area (Å²) in [6.07, 6.45) is 0. The first kappa shape index (κ1) is 27.2. The molecule has 0 fully saturated rings. The molecule has 0 heterocycles. The number of benzene rings is 1. The van der Waals surface area contributed by atoms with Crippen molar-refractivity contribution in [1.29, 1.82) is 0 Å². The van der Waals surface area contributed by atoms with Crippen molar-refractivity contribution < 1.29 is 73.1 Å². The number of hydrogen-bond donors (Lipinski definition) is 0. The monoisotopic (exact) mass is 590 g/mol. The van der Waals surface area contributed by atoms with Crippen molar-refractivity contribution in [2.45, 2.75) is 17.9 Å². The van der Waals surface area contributed by atoms with E-state index >= 15 is 0 Å². The van der Waals surface area contributed by atoms with Crippen molar-refractivity contribution in [3.8, 4) is 0 Å². The van der Waals surface area contributed by atoms with E-state index in [1.54, 1.807) is 6.07 Å². The number of hydrogen-bond acceptors (Lipinski definition) is 6. The molecule has 0 amide bonds. The molecule has 0 saturated carbocycles. The van der Waals surface area contributed by atoms with Crippen LogP contribution < -0.4 is 21.2 Å². The number of alkyl halides is 7. The van der Waals surface area contributed by atoms with Crippen molar-refractivity contribution in [2.75, 3.05) is 5.88 Å². The zero-order chi connectivity index (χ0) is 22.4. The van der Waals surface area contributed by atoms with Crippen LogP contribution in [0.2, 0.25) is 0 Å². The summed E-state index contributed by atoms with van der Waals surface area (Å²) in [5, 5.41) is 0. The van der Waals surface area contributed by atoms with Gasteiger partial charge in [-0.1, -0.05) is 18.2 Å². The average molecular weight is 591 g/mol. The lowest BCUT2D eigenvalue weighted by atomic mass is 10.2. The molecule has 0 bridgehead atoms. The van der Waals surface area contributed by atoms with E-state index in [-0.39, 0.29) is 0 Å². The van der Waals surface area contributed by atoms with Gasteiger partial charge >= 0.3 is 42.3 Å². The predicted molar refractivity (Wildman–Crippen MR) is 80.5 cm³/mol. The Kier molecular flexibility index (Phi) is 10.0. The van der Waals surface area contributed by atoms with E-state index in [1.165, 1.54) is 4.08 Å². The summed E-state index contributed by atoms with van der Waals surface area (Å²) < 4.78 is 123. The highest BCUT2D eigenvalue weighted by atomic mass is 127. The van der Waals surface area contributed by atoms with Gasteiger partial charge in [-0.2, -0.15) is 34.8 Å². The molecule has 1 rings (SSSR count). The first-order chi connectivity index (χ1) is 12.4. The van der Waals surface area contributed by atoms with Crippen LogP contribution in [0, 0.1) is 10.5 Å². The Morgan fingerprint density at radius 3 is 1.93 bits per heavy atom. The molecule has 0 N–H and O–H groups in total. The first-order valence-electron chi connectivity index (χ1n) is 6.39. The zero-order valence-corrected chi connectivity index (χ0v) is 17.9. The topological polar surface area (TPSA) is 101 Å². The van der Waals surface area contributed by atoms with Crippen molar-refractivity contribution in [3.63, 3.8) is 0 Å². The van der Waals surface area contributed by atoms with E-state index < -0.39 is 64.1 Å². The van der Waals surface area contributed by atoms with Gasteiger partial charge in [0.05, 0.1) is 5.88 Å². The number of allylic oxidation sites excluding steroid dienone is 1. The number of rotatable bonds is 5. The Bertz CT molecular complexity index is 896. The summed E-state index contributed by atoms with van der Waals surface area (Å²) in [4.78, 5) is 0. The van der Waals surface area contributed by atoms with Crippen LogP contribution in [0.1, 0.15) is 5.56 Å². The molecule has 0 spiro atoms. The van der Waals surface area contributed by atoms with E-state index in [1.807, 2.05) is 25.1 Å². The van der Waals surface area contributed by atoms with Crippen molar-refractivity contribution in [2.24, 2.45) is 0 Å². The zero-order valence-electron chi connectivity index (χ0n) is 13.4. The first-order valence-corrected chi connectivity index (χ1v) is 12.1. The molecule has 6 nitrogen and oxygen atoms in total. The van der Waals surface area contributed by atoms with E-state index in [9.17, 15) is 34.8 Å². The van der Waals surface area contributed by atoms with Crippen molar-refractivity contribution >= 4 is 31.8 Å². The summed E-state index contributed by atoms with van der Waals surface area (Å²) in [6, 6.07) is 7.31. The molecule has 0 atom stereocenters. The van der Waals surface area contributed by atoms with Crippen LogP contribution in [0.25, 0.3) is 0 Å². The van der Waals surface area contributed by atoms with Gasteiger partial charge < -0.3 is 8.74 Å². The summed E-state index contributed by atoms with van der Waals surface area (Å²) >= 11 is 4.59. The lowest BCUT2D eigenvalue weighted by Crippen LogP contribution is -3.59. The quantitative estimate of drug-likeness (QED) is 0.0928. The second kappa shape index (κ2) is 10.3. The van der Waals surface area contributed by atoms with Gasteiger partial charge in [0.25, 0.3) is 0 Å². The maximum absolute atomic E-state index is 12.2. The molecule has 0 aliphatic heterocycles. The largest absolute Gasteiger partial charge is 0.741 e. The Balaban J connectivity index is 0.000000769. The van der Waals surface area contributed by atoms with Crippen LogP contribution in [0.5, 0.6) is 0 Å². The van der Waals surface area contributed by atoms with Crippen molar-refractivity contribution in [1.82, 2.24) is 0 Å². The molecule has 1 aromatic carbocycles. The molecule has 0 aromatic heterocycles. The predicted octanol–water partition coefficient (Wildman–Crippen LogP) is 0.251. The maximum Gasteiger partial charge on any atom is 0.534 e. The highest BCUT2D eigenvalue weighted by Gasteiger charge is 2.49. The lowest BCUT2D eigenvalue weighted by molar-refractivity contribution is -0.559. The van der Waals surface area contributed by atoms with Gasteiger partial charge in [-0.15, -0.1) is 11.6 Å². The minimum atomic E-state index is -6.09. The van der Waals surface area contributed by atoms with E-state index in [0.29, 0.717) is 0 Å². The molecular weight excluding hydrogens is 581 g/mol. The van der Waals surface area contributed by atoms with Gasteiger partial charge in [-0.3, -0.25) is 0 Å². The van der Waals surface area contributed by atoms with Crippen LogP contribution in [0.15, 0.2) is 34.1 Å². The van der Waals surface area contributed by atoms with E-state index in [0.717, 1.165) is 9.13 Å². The molecular formula is C12H10ClF6IO6S2. The smallest absolute Gasteiger partial charge is 0.534 e. The highest BCUT2D eigenvalue weighted by molar-refractivity contribution is 7.87. The summed E-state index contributed by atoms with van der Waals surface area (Å²) in [7, 11) is -11.7. The molecule has 0 radical (unpaired) electrons. The number of aryl methyl sites for hydroxylation is 1. The van der Waals surface area contributed by atoms with Gasteiger partial charge in [0, 0.05) is 5.56 Å². The molecule has 0 aliphatic carbocycles. The van der Waals surface area contributed by atoms with E-state index in [2.05, 4.69) is 4.18 Å². The summed E-state index contributed by atoms with van der Waals surface area (Å²) in [6.45, 7) is 1.86. The van der Waals surface area contributed by atoms with Crippen LogP contribution >= 0.6 is 11.6 Å². The number of halogens is 8. The molecule has 16 heteroatoms. The molecule has 1 aromatic rings. The highest BCUT2D eigenvalue weighted by Crippen LogP contribution is 2.26. The van der Waals surface area contributed by atoms with Gasteiger partial charge in [0.2, 0.25) is 0 Å². The van der Waals surface area contributed by atoms with Crippen LogP contribution in [-0.4, -0.2) is 38.3 Å². The average Bonchev–Trinajstić information content (AvgIpc) is 2.50. The Morgan fingerprint density at radius 1 is 1.11 bits per heavy atom. The standard InChI is InChI=1S/C11H10ClF3IO3S.CHF3O3S/c1-8-4-2-3-5-10(8)16-7-9(6-12)19-20(17,18)11(13,14)15;2-1(3,4)8(5,6)7/h2-5,7H,6H2,1H3;(H,5,6,7)/q+1;/p-1/b9-7+;. The normalized spacial score (nSPS) is 13.5. The Hall–Kier alpha value is -0.780. The SMILES string of the molecule is Cc1ccccc1[I+]/C=C(\CCl)OS(=O)(=O)C(F)(F)F.O=S(=O)([O-])C(F)(F)F. The second-order valence-electron chi connectivity index (χ2n) is 4.45. The molecule has 0 saturated heterocycles. The molecule has 0 unspecified atom stereocenters. The van der Waals surface area contributed by atoms with Gasteiger partial charge in [-0.25, -0.2) is 8.42 Å². The third kappa shape index (κ3) is 9.15. The Labute approximate surface area is 171 Å². The minimum absolute atomic E-state index is 0.403. The summed E-state index contributed by atoms with van der Waals surface area (Å²) in [5.41, 5.74) is -10.1. The minimum Gasteiger partial charge on any atom is -0.741 e. The molecule has 162 valence electrons. The molecule has 0 aliphatic rings. The third-order valence-electron chi connectivity index (χ3n) is 2.29. The lowest BCUT2D eigenvalue weighted by Gasteiger charge is -2.08. The van der Waals surface area contributed by atoms with Crippen LogP contribution in [0.4, 0.5) is 26.3 Å². The maximum atomic E-state index is 12.2. The van der Waals surface area contributed by atoms with Crippen molar-refractivity contribution in [3.05, 3.63) is 43.2 Å². The Morgan fingerprint density at radius 2 is 1.57 bits per heavy atom. The van der Waals surface area contributed by atoms with E-state index in [4.69, 9.17) is 24.6 Å². The molecule has 28 heavy (non-hydrogen) atoms. The van der Waals surface area contributed by atoms with Crippen LogP contribution in [-0.2, 0) is 24.4 Å². The second-order valence-corrected chi connectivity index (χ2v) is 10.0. The fraction of sp³-hybridized carbons (Fsp3) is 0.333. The van der Waals surface area contributed by atoms with Gasteiger partial charge in [0.1, 0.15) is 0 Å². The summed E-state index contributed by atoms with van der Waals surface area (Å²) in [5.74, 6) is -0.846. The van der Waals surface area contributed by atoms with Gasteiger partial charge in [-0.05, 0) is 13.0 Å².